The van der Waals surface area contributed by atoms with Crippen LogP contribution in [0.1, 0.15) is 47.5 Å². The lowest BCUT2D eigenvalue weighted by molar-refractivity contribution is -0.0349. The Morgan fingerprint density at radius 1 is 0.929 bits per heavy atom. The van der Waals surface area contributed by atoms with Crippen LogP contribution in [0, 0.1) is 23.2 Å². The second-order valence-electron chi connectivity index (χ2n) is 5.78. The monoisotopic (exact) mass is 198 g/mol. The fourth-order valence-corrected chi connectivity index (χ4v) is 3.55. The highest BCUT2D eigenvalue weighted by molar-refractivity contribution is 4.87. The van der Waals surface area contributed by atoms with Crippen molar-refractivity contribution in [2.24, 2.45) is 23.2 Å². The molecule has 1 nitrogen and oxygen atoms in total. The summed E-state index contributed by atoms with van der Waals surface area (Å²) in [5.41, 5.74) is 0.514. The molecule has 84 valence electrons. The van der Waals surface area contributed by atoms with Gasteiger partial charge in [0.1, 0.15) is 0 Å². The van der Waals surface area contributed by atoms with Crippen LogP contribution in [0.25, 0.3) is 0 Å². The Hall–Kier alpha value is -0.0400. The molecule has 1 fully saturated rings. The molecule has 0 bridgehead atoms. The second kappa shape index (κ2) is 4.65. The van der Waals surface area contributed by atoms with Crippen LogP contribution >= 0.6 is 0 Å². The molecule has 0 amide bonds. The van der Waals surface area contributed by atoms with E-state index in [-0.39, 0.29) is 0 Å². The lowest BCUT2D eigenvalue weighted by atomic mass is 9.63. The van der Waals surface area contributed by atoms with E-state index in [0.29, 0.717) is 5.41 Å². The summed E-state index contributed by atoms with van der Waals surface area (Å²) in [6, 6.07) is 0. The van der Waals surface area contributed by atoms with Gasteiger partial charge in [0.05, 0.1) is 0 Å². The van der Waals surface area contributed by atoms with Gasteiger partial charge in [0, 0.05) is 13.2 Å². The highest BCUT2D eigenvalue weighted by Gasteiger charge is 2.38. The van der Waals surface area contributed by atoms with Crippen LogP contribution in [0.4, 0.5) is 0 Å². The first-order valence-corrected chi connectivity index (χ1v) is 6.05. The van der Waals surface area contributed by atoms with Crippen LogP contribution < -0.4 is 0 Å². The van der Waals surface area contributed by atoms with E-state index in [4.69, 9.17) is 4.74 Å². The fourth-order valence-electron chi connectivity index (χ4n) is 3.55. The van der Waals surface area contributed by atoms with Crippen LogP contribution in [-0.2, 0) is 4.74 Å². The number of hydrogen-bond acceptors (Lipinski definition) is 1. The van der Waals surface area contributed by atoms with E-state index in [2.05, 4.69) is 34.6 Å². The van der Waals surface area contributed by atoms with Gasteiger partial charge in [-0.15, -0.1) is 0 Å². The Bertz CT molecular complexity index is 158. The van der Waals surface area contributed by atoms with Crippen molar-refractivity contribution in [3.63, 3.8) is 0 Å². The number of hydrogen-bond donors (Lipinski definition) is 0. The summed E-state index contributed by atoms with van der Waals surface area (Å²) in [5, 5.41) is 0. The van der Waals surface area contributed by atoms with Crippen molar-refractivity contribution in [1.82, 2.24) is 0 Å². The summed E-state index contributed by atoms with van der Waals surface area (Å²) < 4.78 is 5.47. The summed E-state index contributed by atoms with van der Waals surface area (Å²) in [7, 11) is 0. The maximum absolute atomic E-state index is 5.47. The summed E-state index contributed by atoms with van der Waals surface area (Å²) in [6.07, 6.45) is 2.49. The molecule has 1 aliphatic rings. The maximum Gasteiger partial charge on any atom is 0.0471 e. The van der Waals surface area contributed by atoms with Crippen LogP contribution in [0.3, 0.4) is 0 Å². The molecular weight excluding hydrogens is 172 g/mol. The molecule has 1 heteroatoms. The van der Waals surface area contributed by atoms with Crippen molar-refractivity contribution >= 4 is 0 Å². The smallest absolute Gasteiger partial charge is 0.0471 e. The van der Waals surface area contributed by atoms with E-state index in [1.54, 1.807) is 0 Å². The molecule has 0 spiro atoms. The van der Waals surface area contributed by atoms with Gasteiger partial charge in [-0.25, -0.2) is 0 Å². The zero-order chi connectivity index (χ0) is 10.8. The summed E-state index contributed by atoms with van der Waals surface area (Å²) in [4.78, 5) is 0. The summed E-state index contributed by atoms with van der Waals surface area (Å²) in [5.74, 6) is 2.42. The highest BCUT2D eigenvalue weighted by atomic mass is 16.5. The third-order valence-corrected chi connectivity index (χ3v) is 3.88. The lowest BCUT2D eigenvalue weighted by Gasteiger charge is -2.45. The van der Waals surface area contributed by atoms with E-state index < -0.39 is 0 Å². The predicted molar refractivity (Wildman–Crippen MR) is 61.3 cm³/mol. The molecule has 0 aromatic heterocycles. The minimum absolute atomic E-state index is 0.514. The normalized spacial score (nSPS) is 22.3. The molecule has 0 radical (unpaired) electrons. The average Bonchev–Trinajstić information content (AvgIpc) is 2.02. The number of rotatable bonds is 3. The van der Waals surface area contributed by atoms with Crippen LogP contribution in [0.2, 0.25) is 0 Å². The predicted octanol–water partition coefficient (Wildman–Crippen LogP) is 3.73. The van der Waals surface area contributed by atoms with Crippen molar-refractivity contribution < 1.29 is 4.74 Å². The molecule has 1 saturated heterocycles. The van der Waals surface area contributed by atoms with Crippen molar-refractivity contribution in [2.75, 3.05) is 13.2 Å². The molecule has 1 heterocycles. The molecule has 1 rings (SSSR count). The van der Waals surface area contributed by atoms with E-state index in [1.807, 2.05) is 0 Å². The van der Waals surface area contributed by atoms with Crippen LogP contribution in [0.15, 0.2) is 0 Å². The first-order valence-electron chi connectivity index (χ1n) is 6.05. The van der Waals surface area contributed by atoms with Crippen molar-refractivity contribution in [2.45, 2.75) is 47.5 Å². The van der Waals surface area contributed by atoms with Gasteiger partial charge in [-0.3, -0.25) is 0 Å². The van der Waals surface area contributed by atoms with Gasteiger partial charge in [-0.05, 0) is 36.0 Å². The Labute approximate surface area is 89.2 Å². The van der Waals surface area contributed by atoms with E-state index >= 15 is 0 Å². The largest absolute Gasteiger partial charge is 0.381 e. The lowest BCUT2D eigenvalue weighted by Crippen LogP contribution is -2.39. The highest BCUT2D eigenvalue weighted by Crippen LogP contribution is 2.45. The molecule has 0 saturated carbocycles. The molecular formula is C13H26O. The Morgan fingerprint density at radius 3 is 1.71 bits per heavy atom. The first-order chi connectivity index (χ1) is 6.47. The second-order valence-corrected chi connectivity index (χ2v) is 5.78. The Kier molecular flexibility index (Phi) is 4.00. The summed E-state index contributed by atoms with van der Waals surface area (Å²) >= 11 is 0. The van der Waals surface area contributed by atoms with Crippen LogP contribution in [0.5, 0.6) is 0 Å². The zero-order valence-electron chi connectivity index (χ0n) is 10.5. The van der Waals surface area contributed by atoms with Crippen molar-refractivity contribution in [3.05, 3.63) is 0 Å². The van der Waals surface area contributed by atoms with Gasteiger partial charge in [0.2, 0.25) is 0 Å². The fraction of sp³-hybridized carbons (Fsp3) is 1.00. The van der Waals surface area contributed by atoms with Gasteiger partial charge < -0.3 is 4.74 Å². The Morgan fingerprint density at radius 2 is 1.36 bits per heavy atom. The third kappa shape index (κ3) is 2.50. The minimum atomic E-state index is 0.514. The van der Waals surface area contributed by atoms with Gasteiger partial charge in [0.15, 0.2) is 0 Å². The molecule has 14 heavy (non-hydrogen) atoms. The SMILES string of the molecule is CC(C)C(C(C)C)C1(C)CCOCC1. The minimum Gasteiger partial charge on any atom is -0.381 e. The molecule has 1 aliphatic heterocycles. The Balaban J connectivity index is 2.74. The van der Waals surface area contributed by atoms with Gasteiger partial charge in [-0.2, -0.15) is 0 Å². The van der Waals surface area contributed by atoms with Crippen LogP contribution in [-0.4, -0.2) is 13.2 Å². The topological polar surface area (TPSA) is 9.23 Å². The zero-order valence-corrected chi connectivity index (χ0v) is 10.5. The maximum atomic E-state index is 5.47. The third-order valence-electron chi connectivity index (χ3n) is 3.88. The standard InChI is InChI=1S/C13H26O/c1-10(2)12(11(3)4)13(5)6-8-14-9-7-13/h10-12H,6-9H2,1-5H3. The van der Waals surface area contributed by atoms with Gasteiger partial charge >= 0.3 is 0 Å². The quantitative estimate of drug-likeness (QED) is 0.671. The van der Waals surface area contributed by atoms with Crippen molar-refractivity contribution in [3.8, 4) is 0 Å². The molecule has 0 unspecified atom stereocenters. The van der Waals surface area contributed by atoms with Gasteiger partial charge in [0.25, 0.3) is 0 Å². The number of ether oxygens (including phenoxy) is 1. The first kappa shape index (κ1) is 12.0. The molecule has 0 atom stereocenters. The average molecular weight is 198 g/mol. The summed E-state index contributed by atoms with van der Waals surface area (Å²) in [6.45, 7) is 13.9. The van der Waals surface area contributed by atoms with Gasteiger partial charge in [-0.1, -0.05) is 34.6 Å². The molecule has 0 aromatic carbocycles. The molecule has 0 aromatic rings. The molecule has 0 N–H and O–H groups in total. The van der Waals surface area contributed by atoms with Crippen molar-refractivity contribution in [1.29, 1.82) is 0 Å². The molecule has 0 aliphatic carbocycles. The van der Waals surface area contributed by atoms with E-state index in [0.717, 1.165) is 31.0 Å². The van der Waals surface area contributed by atoms with E-state index in [9.17, 15) is 0 Å². The van der Waals surface area contributed by atoms with E-state index in [1.165, 1.54) is 12.8 Å².